The zero-order valence-corrected chi connectivity index (χ0v) is 10.9. The molecule has 0 saturated carbocycles. The first-order valence-corrected chi connectivity index (χ1v) is 6.51. The highest BCUT2D eigenvalue weighted by molar-refractivity contribution is 5.28. The lowest BCUT2D eigenvalue weighted by atomic mass is 10.1. The van der Waals surface area contributed by atoms with E-state index in [-0.39, 0.29) is 0 Å². The molecule has 3 rings (SSSR count). The Kier molecular flexibility index (Phi) is 3.46. The summed E-state index contributed by atoms with van der Waals surface area (Å²) in [7, 11) is 1.66. The van der Waals surface area contributed by atoms with Crippen molar-refractivity contribution in [2.45, 2.75) is 18.8 Å². The van der Waals surface area contributed by atoms with Crippen LogP contribution in [0, 0.1) is 0 Å². The van der Waals surface area contributed by atoms with Gasteiger partial charge >= 0.3 is 0 Å². The molecule has 1 atom stereocenters. The van der Waals surface area contributed by atoms with Crippen LogP contribution in [0.3, 0.4) is 0 Å². The van der Waals surface area contributed by atoms with Gasteiger partial charge in [-0.15, -0.1) is 0 Å². The van der Waals surface area contributed by atoms with Crippen LogP contribution in [0.5, 0.6) is 5.75 Å². The number of hydrogen-bond acceptors (Lipinski definition) is 5. The van der Waals surface area contributed by atoms with Gasteiger partial charge in [-0.05, 0) is 30.7 Å². The monoisotopic (exact) mass is 259 g/mol. The number of nitrogens with one attached hydrogen (secondary N) is 1. The van der Waals surface area contributed by atoms with E-state index in [0.717, 1.165) is 42.5 Å². The number of rotatable bonds is 4. The number of ether oxygens (including phenoxy) is 1. The number of benzene rings is 1. The zero-order valence-electron chi connectivity index (χ0n) is 10.9. The molecule has 19 heavy (non-hydrogen) atoms. The molecule has 0 aliphatic carbocycles. The molecule has 1 aromatic heterocycles. The minimum atomic E-state index is 0.372. The van der Waals surface area contributed by atoms with E-state index < -0.39 is 0 Å². The van der Waals surface area contributed by atoms with Crippen LogP contribution in [0.4, 0.5) is 0 Å². The van der Waals surface area contributed by atoms with Crippen LogP contribution in [0.15, 0.2) is 28.8 Å². The van der Waals surface area contributed by atoms with Crippen LogP contribution < -0.4 is 10.1 Å². The zero-order chi connectivity index (χ0) is 13.1. The molecule has 5 heteroatoms. The molecule has 1 aliphatic heterocycles. The summed E-state index contributed by atoms with van der Waals surface area (Å²) in [6.45, 7) is 1.96. The lowest BCUT2D eigenvalue weighted by molar-refractivity contribution is 0.355. The van der Waals surface area contributed by atoms with Gasteiger partial charge in [-0.1, -0.05) is 17.3 Å². The van der Waals surface area contributed by atoms with Crippen molar-refractivity contribution in [3.63, 3.8) is 0 Å². The van der Waals surface area contributed by atoms with E-state index in [9.17, 15) is 0 Å². The Bertz CT molecular complexity index is 530. The predicted octanol–water partition coefficient (Wildman–Crippen LogP) is 1.75. The van der Waals surface area contributed by atoms with Crippen molar-refractivity contribution in [3.05, 3.63) is 41.5 Å². The molecule has 0 amide bonds. The molecule has 0 unspecified atom stereocenters. The normalized spacial score (nSPS) is 18.7. The molecular weight excluding hydrogens is 242 g/mol. The summed E-state index contributed by atoms with van der Waals surface area (Å²) in [5.41, 5.74) is 1.15. The Balaban J connectivity index is 1.68. The summed E-state index contributed by atoms with van der Waals surface area (Å²) >= 11 is 0. The smallest absolute Gasteiger partial charge is 0.231 e. The van der Waals surface area contributed by atoms with Gasteiger partial charge < -0.3 is 14.6 Å². The van der Waals surface area contributed by atoms with Gasteiger partial charge in [0.05, 0.1) is 13.0 Å². The number of aromatic nitrogens is 2. The van der Waals surface area contributed by atoms with Gasteiger partial charge in [-0.25, -0.2) is 0 Å². The summed E-state index contributed by atoms with van der Waals surface area (Å²) in [5.74, 6) is 2.73. The first-order valence-electron chi connectivity index (χ1n) is 6.51. The van der Waals surface area contributed by atoms with E-state index in [1.807, 2.05) is 24.3 Å². The van der Waals surface area contributed by atoms with Crippen molar-refractivity contribution >= 4 is 0 Å². The second kappa shape index (κ2) is 5.40. The Morgan fingerprint density at radius 3 is 2.89 bits per heavy atom. The molecule has 1 N–H and O–H groups in total. The van der Waals surface area contributed by atoms with Gasteiger partial charge in [0.25, 0.3) is 0 Å². The maximum absolute atomic E-state index is 5.34. The average Bonchev–Trinajstić information content (AvgIpc) is 3.10. The van der Waals surface area contributed by atoms with Gasteiger partial charge in [-0.3, -0.25) is 0 Å². The van der Waals surface area contributed by atoms with Crippen molar-refractivity contribution < 1.29 is 9.26 Å². The third kappa shape index (κ3) is 2.76. The lowest BCUT2D eigenvalue weighted by Gasteiger charge is -2.01. The highest BCUT2D eigenvalue weighted by Gasteiger charge is 2.22. The molecule has 100 valence electrons. The van der Waals surface area contributed by atoms with E-state index in [1.165, 1.54) is 0 Å². The van der Waals surface area contributed by atoms with E-state index in [1.54, 1.807) is 7.11 Å². The topological polar surface area (TPSA) is 60.2 Å². The second-order valence-electron chi connectivity index (χ2n) is 4.76. The van der Waals surface area contributed by atoms with Gasteiger partial charge in [0.15, 0.2) is 5.82 Å². The minimum Gasteiger partial charge on any atom is -0.497 e. The highest BCUT2D eigenvalue weighted by atomic mass is 16.5. The van der Waals surface area contributed by atoms with Crippen LogP contribution in [-0.4, -0.2) is 30.3 Å². The lowest BCUT2D eigenvalue weighted by Crippen LogP contribution is -2.08. The van der Waals surface area contributed by atoms with Crippen LogP contribution in [0.1, 0.15) is 29.6 Å². The van der Waals surface area contributed by atoms with Crippen molar-refractivity contribution in [1.29, 1.82) is 0 Å². The summed E-state index contributed by atoms with van der Waals surface area (Å²) in [6.07, 6.45) is 1.76. The van der Waals surface area contributed by atoms with Gasteiger partial charge in [-0.2, -0.15) is 4.98 Å². The summed E-state index contributed by atoms with van der Waals surface area (Å²) in [5, 5.41) is 7.35. The maximum atomic E-state index is 5.34. The Morgan fingerprint density at radius 1 is 1.37 bits per heavy atom. The van der Waals surface area contributed by atoms with Gasteiger partial charge in [0.1, 0.15) is 5.75 Å². The van der Waals surface area contributed by atoms with Crippen LogP contribution in [0.2, 0.25) is 0 Å². The SMILES string of the molecule is COc1ccc(Cc2noc([C@@H]3CCNC3)n2)cc1. The fourth-order valence-corrected chi connectivity index (χ4v) is 2.30. The van der Waals surface area contributed by atoms with Crippen LogP contribution in [0.25, 0.3) is 0 Å². The maximum Gasteiger partial charge on any atom is 0.231 e. The summed E-state index contributed by atoms with van der Waals surface area (Å²) in [4.78, 5) is 4.48. The van der Waals surface area contributed by atoms with Gasteiger partial charge in [0, 0.05) is 13.0 Å². The highest BCUT2D eigenvalue weighted by Crippen LogP contribution is 2.21. The first-order chi connectivity index (χ1) is 9.35. The predicted molar refractivity (Wildman–Crippen MR) is 70.3 cm³/mol. The molecule has 5 nitrogen and oxygen atoms in total. The number of hydrogen-bond donors (Lipinski definition) is 1. The Hall–Kier alpha value is -1.88. The van der Waals surface area contributed by atoms with E-state index in [4.69, 9.17) is 9.26 Å². The molecule has 2 aromatic rings. The average molecular weight is 259 g/mol. The molecule has 2 heterocycles. The van der Waals surface area contributed by atoms with Crippen LogP contribution >= 0.6 is 0 Å². The second-order valence-corrected chi connectivity index (χ2v) is 4.76. The summed E-state index contributed by atoms with van der Waals surface area (Å²) < 4.78 is 10.5. The van der Waals surface area contributed by atoms with E-state index >= 15 is 0 Å². The molecule has 0 spiro atoms. The van der Waals surface area contributed by atoms with Crippen molar-refractivity contribution in [2.24, 2.45) is 0 Å². The third-order valence-electron chi connectivity index (χ3n) is 3.41. The number of methoxy groups -OCH3 is 1. The molecule has 0 radical (unpaired) electrons. The molecule has 1 fully saturated rings. The van der Waals surface area contributed by atoms with E-state index in [0.29, 0.717) is 12.3 Å². The fraction of sp³-hybridized carbons (Fsp3) is 0.429. The van der Waals surface area contributed by atoms with Crippen molar-refractivity contribution in [1.82, 2.24) is 15.5 Å². The molecule has 1 aromatic carbocycles. The van der Waals surface area contributed by atoms with Crippen LogP contribution in [-0.2, 0) is 6.42 Å². The fourth-order valence-electron chi connectivity index (χ4n) is 2.30. The summed E-state index contributed by atoms with van der Waals surface area (Å²) in [6, 6.07) is 7.92. The van der Waals surface area contributed by atoms with Gasteiger partial charge in [0.2, 0.25) is 5.89 Å². The Morgan fingerprint density at radius 2 is 2.21 bits per heavy atom. The first kappa shape index (κ1) is 12.2. The van der Waals surface area contributed by atoms with Crippen molar-refractivity contribution in [3.8, 4) is 5.75 Å². The largest absolute Gasteiger partial charge is 0.497 e. The molecule has 0 bridgehead atoms. The molecular formula is C14H17N3O2. The molecule has 1 aliphatic rings. The van der Waals surface area contributed by atoms with Crippen molar-refractivity contribution in [2.75, 3.05) is 20.2 Å². The van der Waals surface area contributed by atoms with E-state index in [2.05, 4.69) is 15.5 Å². The third-order valence-corrected chi connectivity index (χ3v) is 3.41. The Labute approximate surface area is 112 Å². The quantitative estimate of drug-likeness (QED) is 0.906. The number of nitrogens with zero attached hydrogens (tertiary/aromatic N) is 2. The standard InChI is InChI=1S/C14H17N3O2/c1-18-12-4-2-10(3-5-12)8-13-16-14(19-17-13)11-6-7-15-9-11/h2-5,11,15H,6-9H2,1H3/t11-/m1/s1. The molecule has 1 saturated heterocycles. The minimum absolute atomic E-state index is 0.372.